The van der Waals surface area contributed by atoms with Crippen molar-refractivity contribution in [2.24, 2.45) is 0 Å². The van der Waals surface area contributed by atoms with Gasteiger partial charge in [-0.25, -0.2) is 4.98 Å². The lowest BCUT2D eigenvalue weighted by Gasteiger charge is -2.14. The summed E-state index contributed by atoms with van der Waals surface area (Å²) in [6, 6.07) is 7.05. The highest BCUT2D eigenvalue weighted by atomic mass is 16.5. The summed E-state index contributed by atoms with van der Waals surface area (Å²) in [6.07, 6.45) is 0. The molecule has 0 fully saturated rings. The Morgan fingerprint density at radius 2 is 1.81 bits per heavy atom. The third kappa shape index (κ3) is 3.65. The molecule has 7 heteroatoms. The molecule has 3 aromatic rings. The highest BCUT2D eigenvalue weighted by Gasteiger charge is 2.14. The van der Waals surface area contributed by atoms with Crippen molar-refractivity contribution >= 4 is 10.9 Å². The Kier molecular flexibility index (Phi) is 5.43. The van der Waals surface area contributed by atoms with E-state index in [1.165, 1.54) is 7.11 Å². The van der Waals surface area contributed by atoms with Crippen LogP contribution < -0.4 is 15.0 Å². The van der Waals surface area contributed by atoms with E-state index < -0.39 is 0 Å². The Morgan fingerprint density at radius 3 is 2.41 bits per heavy atom. The lowest BCUT2D eigenvalue weighted by Crippen LogP contribution is -2.11. The van der Waals surface area contributed by atoms with Crippen molar-refractivity contribution in [3.05, 3.63) is 51.3 Å². The zero-order valence-electron chi connectivity index (χ0n) is 15.5. The number of rotatable bonds is 6. The maximum atomic E-state index is 12.6. The lowest BCUT2D eigenvalue weighted by atomic mass is 10.0. The van der Waals surface area contributed by atoms with Crippen LogP contribution in [0, 0.1) is 13.8 Å². The van der Waals surface area contributed by atoms with E-state index in [1.807, 2.05) is 26.0 Å². The number of H-pyrrole nitrogens is 1. The number of aliphatic hydroxyl groups excluding tert-OH is 2. The van der Waals surface area contributed by atoms with E-state index in [0.717, 1.165) is 16.7 Å². The number of aliphatic hydroxyl groups is 2. The summed E-state index contributed by atoms with van der Waals surface area (Å²) in [5.41, 5.74) is 3.25. The summed E-state index contributed by atoms with van der Waals surface area (Å²) in [5.74, 6) is 1.50. The molecule has 0 aliphatic carbocycles. The number of ether oxygens (including phenoxy) is 2. The minimum Gasteiger partial charge on any atom is -0.496 e. The highest BCUT2D eigenvalue weighted by Crippen LogP contribution is 2.30. The summed E-state index contributed by atoms with van der Waals surface area (Å²) in [4.78, 5) is 20.0. The number of fused-ring (bicyclic) bond motifs is 1. The van der Waals surface area contributed by atoms with E-state index in [0.29, 0.717) is 33.8 Å². The van der Waals surface area contributed by atoms with Gasteiger partial charge >= 0.3 is 0 Å². The average molecular weight is 370 g/mol. The number of hydrogen-bond acceptors (Lipinski definition) is 6. The van der Waals surface area contributed by atoms with Crippen molar-refractivity contribution in [2.75, 3.05) is 20.3 Å². The van der Waals surface area contributed by atoms with Gasteiger partial charge in [-0.1, -0.05) is 0 Å². The van der Waals surface area contributed by atoms with E-state index in [-0.39, 0.29) is 25.4 Å². The molecular formula is C20H22N2O5. The fraction of sp³-hybridized carbons (Fsp3) is 0.300. The smallest absolute Gasteiger partial charge is 0.262 e. The number of nitrogens with one attached hydrogen (secondary N) is 1. The molecule has 1 heterocycles. The molecule has 3 rings (SSSR count). The van der Waals surface area contributed by atoms with Gasteiger partial charge in [0.2, 0.25) is 0 Å². The summed E-state index contributed by atoms with van der Waals surface area (Å²) in [5, 5.41) is 18.7. The van der Waals surface area contributed by atoms with Crippen molar-refractivity contribution in [3.63, 3.8) is 0 Å². The van der Waals surface area contributed by atoms with Crippen LogP contribution in [0.25, 0.3) is 22.3 Å². The van der Waals surface area contributed by atoms with E-state index >= 15 is 0 Å². The zero-order valence-corrected chi connectivity index (χ0v) is 15.5. The fourth-order valence-corrected chi connectivity index (χ4v) is 3.14. The molecule has 0 saturated heterocycles. The maximum Gasteiger partial charge on any atom is 0.262 e. The molecule has 27 heavy (non-hydrogen) atoms. The molecule has 0 atom stereocenters. The van der Waals surface area contributed by atoms with Crippen molar-refractivity contribution < 1.29 is 19.7 Å². The molecule has 7 nitrogen and oxygen atoms in total. The van der Waals surface area contributed by atoms with Crippen molar-refractivity contribution in [3.8, 4) is 22.9 Å². The lowest BCUT2D eigenvalue weighted by molar-refractivity contribution is 0.200. The first-order chi connectivity index (χ1) is 13.0. The molecule has 1 aromatic heterocycles. The predicted octanol–water partition coefficient (Wildman–Crippen LogP) is 2.08. The number of benzene rings is 2. The Hall–Kier alpha value is -2.90. The van der Waals surface area contributed by atoms with Gasteiger partial charge in [-0.05, 0) is 54.8 Å². The molecule has 0 aliphatic heterocycles. The Morgan fingerprint density at radius 1 is 1.11 bits per heavy atom. The molecule has 2 aromatic carbocycles. The Labute approximate surface area is 156 Å². The molecule has 0 amide bonds. The molecule has 0 saturated carbocycles. The van der Waals surface area contributed by atoms with Crippen LogP contribution in [-0.2, 0) is 6.61 Å². The van der Waals surface area contributed by atoms with E-state index in [9.17, 15) is 9.90 Å². The number of aromatic amines is 1. The third-order valence-corrected chi connectivity index (χ3v) is 4.31. The summed E-state index contributed by atoms with van der Waals surface area (Å²) >= 11 is 0. The molecule has 0 bridgehead atoms. The largest absolute Gasteiger partial charge is 0.496 e. The van der Waals surface area contributed by atoms with Crippen molar-refractivity contribution in [1.82, 2.24) is 9.97 Å². The van der Waals surface area contributed by atoms with E-state index in [1.54, 1.807) is 12.1 Å². The van der Waals surface area contributed by atoms with Gasteiger partial charge in [0.25, 0.3) is 5.56 Å². The second kappa shape index (κ2) is 7.77. The standard InChI is InChI=1S/C20H22N2O5/c1-11-6-14(7-12(2)18(11)27-5-4-23)19-21-15-8-13(10-24)9-16(26-3)17(15)20(25)22-19/h6-9,23-24H,4-5,10H2,1-3H3,(H,21,22,25). The van der Waals surface area contributed by atoms with Gasteiger partial charge in [-0.2, -0.15) is 0 Å². The zero-order chi connectivity index (χ0) is 19.6. The van der Waals surface area contributed by atoms with Gasteiger partial charge in [0.05, 0.1) is 25.8 Å². The first-order valence-electron chi connectivity index (χ1n) is 8.55. The minimum absolute atomic E-state index is 0.0603. The molecule has 3 N–H and O–H groups in total. The maximum absolute atomic E-state index is 12.6. The van der Waals surface area contributed by atoms with Gasteiger partial charge in [0, 0.05) is 5.56 Å². The van der Waals surface area contributed by atoms with E-state index in [4.69, 9.17) is 14.6 Å². The van der Waals surface area contributed by atoms with Crippen molar-refractivity contribution in [2.45, 2.75) is 20.5 Å². The number of aryl methyl sites for hydroxylation is 2. The normalized spacial score (nSPS) is 11.0. The molecular weight excluding hydrogens is 348 g/mol. The number of aromatic nitrogens is 2. The second-order valence-electron chi connectivity index (χ2n) is 6.28. The van der Waals surface area contributed by atoms with Crippen LogP contribution in [0.5, 0.6) is 11.5 Å². The monoisotopic (exact) mass is 370 g/mol. The molecule has 0 radical (unpaired) electrons. The number of methoxy groups -OCH3 is 1. The second-order valence-corrected chi connectivity index (χ2v) is 6.28. The van der Waals surface area contributed by atoms with Gasteiger partial charge in [-0.3, -0.25) is 4.79 Å². The first kappa shape index (κ1) is 18.9. The Bertz CT molecular complexity index is 1020. The van der Waals surface area contributed by atoms with Crippen molar-refractivity contribution in [1.29, 1.82) is 0 Å². The minimum atomic E-state index is -0.313. The van der Waals surface area contributed by atoms with Crippen LogP contribution in [0.1, 0.15) is 16.7 Å². The highest BCUT2D eigenvalue weighted by molar-refractivity contribution is 5.86. The van der Waals surface area contributed by atoms with Crippen LogP contribution in [0.3, 0.4) is 0 Å². The Balaban J connectivity index is 2.16. The quantitative estimate of drug-likeness (QED) is 0.614. The van der Waals surface area contributed by atoms with Crippen LogP contribution in [0.2, 0.25) is 0 Å². The molecule has 0 spiro atoms. The van der Waals surface area contributed by atoms with Crippen LogP contribution in [-0.4, -0.2) is 40.5 Å². The summed E-state index contributed by atoms with van der Waals surface area (Å²) < 4.78 is 10.9. The number of nitrogens with zero attached hydrogens (tertiary/aromatic N) is 1. The average Bonchev–Trinajstić information content (AvgIpc) is 2.66. The first-order valence-corrected chi connectivity index (χ1v) is 8.55. The SMILES string of the molecule is COc1cc(CO)cc2nc(-c3cc(C)c(OCCO)c(C)c3)[nH]c(=O)c12. The van der Waals surface area contributed by atoms with Gasteiger partial charge in [0.1, 0.15) is 29.3 Å². The molecule has 142 valence electrons. The topological polar surface area (TPSA) is 105 Å². The van der Waals surface area contributed by atoms with Gasteiger partial charge < -0.3 is 24.7 Å². The number of hydrogen-bond donors (Lipinski definition) is 3. The van der Waals surface area contributed by atoms with E-state index in [2.05, 4.69) is 9.97 Å². The molecule has 0 unspecified atom stereocenters. The van der Waals surface area contributed by atoms with Crippen LogP contribution >= 0.6 is 0 Å². The van der Waals surface area contributed by atoms with Gasteiger partial charge in [-0.15, -0.1) is 0 Å². The summed E-state index contributed by atoms with van der Waals surface area (Å²) in [6.45, 7) is 3.78. The van der Waals surface area contributed by atoms with Gasteiger partial charge in [0.15, 0.2) is 0 Å². The fourth-order valence-electron chi connectivity index (χ4n) is 3.14. The van der Waals surface area contributed by atoms with Crippen LogP contribution in [0.4, 0.5) is 0 Å². The molecule has 0 aliphatic rings. The summed E-state index contributed by atoms with van der Waals surface area (Å²) in [7, 11) is 1.47. The van der Waals surface area contributed by atoms with Crippen LogP contribution in [0.15, 0.2) is 29.1 Å². The third-order valence-electron chi connectivity index (χ3n) is 4.31. The predicted molar refractivity (Wildman–Crippen MR) is 102 cm³/mol.